The van der Waals surface area contributed by atoms with Crippen molar-refractivity contribution in [3.8, 4) is 0 Å². The second-order valence-electron chi connectivity index (χ2n) is 6.40. The van der Waals surface area contributed by atoms with Gasteiger partial charge in [-0.15, -0.1) is 10.2 Å². The van der Waals surface area contributed by atoms with Crippen molar-refractivity contribution < 1.29 is 14.0 Å². The Labute approximate surface area is 127 Å². The zero-order valence-corrected chi connectivity index (χ0v) is 14.8. The molecule has 0 spiro atoms. The summed E-state index contributed by atoms with van der Waals surface area (Å²) < 4.78 is 10.9. The molecular weight excluding hydrogens is 288 g/mol. The molecule has 21 heavy (non-hydrogen) atoms. The van der Waals surface area contributed by atoms with E-state index >= 15 is 0 Å². The van der Waals surface area contributed by atoms with Crippen LogP contribution in [0.15, 0.2) is 0 Å². The van der Waals surface area contributed by atoms with Crippen LogP contribution in [0.2, 0.25) is 18.1 Å². The first-order valence-electron chi connectivity index (χ1n) is 7.22. The zero-order chi connectivity index (χ0) is 16.1. The number of nitrogens with zero attached hydrogens (tertiary/aromatic N) is 4. The highest BCUT2D eigenvalue weighted by Crippen LogP contribution is 2.36. The minimum absolute atomic E-state index is 0.00999. The first kappa shape index (κ1) is 17.8. The largest absolute Gasteiger partial charge is 0.465 e. The lowest BCUT2D eigenvalue weighted by atomic mass is 10.2. The molecule has 0 atom stereocenters. The quantitative estimate of drug-likeness (QED) is 0.564. The highest BCUT2D eigenvalue weighted by Gasteiger charge is 2.36. The maximum atomic E-state index is 11.3. The van der Waals surface area contributed by atoms with E-state index in [9.17, 15) is 4.79 Å². The minimum atomic E-state index is -1.75. The fourth-order valence-electron chi connectivity index (χ4n) is 1.38. The van der Waals surface area contributed by atoms with Gasteiger partial charge in [0.05, 0.1) is 6.61 Å². The molecule has 1 aromatic heterocycles. The lowest BCUT2D eigenvalue weighted by Gasteiger charge is -2.36. The molecule has 0 N–H and O–H groups in total. The monoisotopic (exact) mass is 314 g/mol. The summed E-state index contributed by atoms with van der Waals surface area (Å²) in [7, 11) is -1.75. The van der Waals surface area contributed by atoms with Gasteiger partial charge in [0.25, 0.3) is 0 Å². The normalized spacial score (nSPS) is 12.5. The molecular formula is C13H26N4O3Si. The molecule has 1 rings (SSSR count). The summed E-state index contributed by atoms with van der Waals surface area (Å²) in [5.41, 5.74) is 0. The first-order chi connectivity index (χ1) is 9.65. The fourth-order valence-corrected chi connectivity index (χ4v) is 2.42. The summed E-state index contributed by atoms with van der Waals surface area (Å²) in [5, 5.41) is 12.1. The number of aromatic nitrogens is 4. The van der Waals surface area contributed by atoms with Crippen molar-refractivity contribution in [3.05, 3.63) is 5.82 Å². The molecule has 0 bridgehead atoms. The Hall–Kier alpha value is -1.28. The summed E-state index contributed by atoms with van der Waals surface area (Å²) in [6.45, 7) is 13.7. The van der Waals surface area contributed by atoms with E-state index in [1.165, 1.54) is 4.80 Å². The lowest BCUT2D eigenvalue weighted by molar-refractivity contribution is -0.144. The summed E-state index contributed by atoms with van der Waals surface area (Å²) in [6, 6.07) is 0. The first-order valence-corrected chi connectivity index (χ1v) is 10.1. The summed E-state index contributed by atoms with van der Waals surface area (Å²) in [6.07, 6.45) is 0.593. The van der Waals surface area contributed by atoms with Gasteiger partial charge in [-0.1, -0.05) is 20.8 Å². The smallest absolute Gasteiger partial charge is 0.329 e. The third-order valence-corrected chi connectivity index (χ3v) is 8.20. The Balaban J connectivity index is 2.44. The zero-order valence-electron chi connectivity index (χ0n) is 13.8. The van der Waals surface area contributed by atoms with Crippen LogP contribution >= 0.6 is 0 Å². The van der Waals surface area contributed by atoms with Gasteiger partial charge in [-0.3, -0.25) is 0 Å². The molecule has 0 saturated carbocycles. The Morgan fingerprint density at radius 1 is 1.33 bits per heavy atom. The number of hydrogen-bond donors (Lipinski definition) is 0. The van der Waals surface area contributed by atoms with Crippen LogP contribution in [0.3, 0.4) is 0 Å². The Morgan fingerprint density at radius 3 is 2.57 bits per heavy atom. The van der Waals surface area contributed by atoms with Crippen molar-refractivity contribution in [3.63, 3.8) is 0 Å². The van der Waals surface area contributed by atoms with E-state index in [1.807, 2.05) is 0 Å². The molecule has 1 heterocycles. The number of hydrogen-bond acceptors (Lipinski definition) is 6. The number of tetrazole rings is 1. The van der Waals surface area contributed by atoms with Crippen molar-refractivity contribution >= 4 is 14.3 Å². The van der Waals surface area contributed by atoms with E-state index in [0.717, 1.165) is 0 Å². The number of rotatable bonds is 7. The van der Waals surface area contributed by atoms with Crippen LogP contribution < -0.4 is 0 Å². The molecule has 120 valence electrons. The van der Waals surface area contributed by atoms with Crippen LogP contribution in [-0.4, -0.2) is 47.7 Å². The van der Waals surface area contributed by atoms with E-state index in [4.69, 9.17) is 9.16 Å². The minimum Gasteiger partial charge on any atom is -0.465 e. The van der Waals surface area contributed by atoms with Crippen LogP contribution in [0, 0.1) is 0 Å². The van der Waals surface area contributed by atoms with Crippen LogP contribution in [0.4, 0.5) is 0 Å². The molecule has 1 aromatic rings. The molecule has 0 fully saturated rings. The average Bonchev–Trinajstić information content (AvgIpc) is 2.75. The van der Waals surface area contributed by atoms with Crippen LogP contribution in [0.1, 0.15) is 33.5 Å². The predicted molar refractivity (Wildman–Crippen MR) is 81.3 cm³/mol. The van der Waals surface area contributed by atoms with E-state index in [0.29, 0.717) is 25.5 Å². The van der Waals surface area contributed by atoms with Crippen molar-refractivity contribution in [1.29, 1.82) is 0 Å². The van der Waals surface area contributed by atoms with Crippen LogP contribution in [-0.2, 0) is 26.9 Å². The van der Waals surface area contributed by atoms with Gasteiger partial charge in [-0.2, -0.15) is 4.80 Å². The van der Waals surface area contributed by atoms with Gasteiger partial charge in [0, 0.05) is 13.0 Å². The number of esters is 1. The molecule has 7 nitrogen and oxygen atoms in total. The maximum absolute atomic E-state index is 11.3. The summed E-state index contributed by atoms with van der Waals surface area (Å²) >= 11 is 0. The van der Waals surface area contributed by atoms with Gasteiger partial charge in [0.1, 0.15) is 0 Å². The molecule has 0 amide bonds. The van der Waals surface area contributed by atoms with Crippen molar-refractivity contribution in [1.82, 2.24) is 20.2 Å². The van der Waals surface area contributed by atoms with Crippen molar-refractivity contribution in [2.24, 2.45) is 0 Å². The van der Waals surface area contributed by atoms with E-state index in [1.54, 1.807) is 6.92 Å². The molecule has 0 aliphatic carbocycles. The summed E-state index contributed by atoms with van der Waals surface area (Å²) in [5.74, 6) is 0.219. The van der Waals surface area contributed by atoms with Gasteiger partial charge in [-0.25, -0.2) is 4.79 Å². The number of carbonyl (C=O) groups is 1. The molecule has 0 unspecified atom stereocenters. The second-order valence-corrected chi connectivity index (χ2v) is 11.2. The maximum Gasteiger partial charge on any atom is 0.329 e. The van der Waals surface area contributed by atoms with E-state index in [2.05, 4.69) is 49.3 Å². The topological polar surface area (TPSA) is 79.1 Å². The third kappa shape index (κ3) is 5.54. The van der Waals surface area contributed by atoms with Gasteiger partial charge in [0.15, 0.2) is 20.7 Å². The standard InChI is InChI=1S/C13H26N4O3Si/c1-7-19-12(18)10-17-15-11(14-16-17)8-9-20-21(5,6)13(2,3)4/h7-10H2,1-6H3. The summed E-state index contributed by atoms with van der Waals surface area (Å²) in [4.78, 5) is 12.6. The highest BCUT2D eigenvalue weighted by molar-refractivity contribution is 6.74. The van der Waals surface area contributed by atoms with Crippen LogP contribution in [0.5, 0.6) is 0 Å². The van der Waals surface area contributed by atoms with Crippen molar-refractivity contribution in [2.45, 2.75) is 58.8 Å². The van der Waals surface area contributed by atoms with Gasteiger partial charge >= 0.3 is 5.97 Å². The predicted octanol–water partition coefficient (Wildman–Crippen LogP) is 1.80. The van der Waals surface area contributed by atoms with Crippen LogP contribution in [0.25, 0.3) is 0 Å². The Bertz CT molecular complexity index is 468. The van der Waals surface area contributed by atoms with Gasteiger partial charge in [-0.05, 0) is 30.3 Å². The Morgan fingerprint density at radius 2 is 2.00 bits per heavy atom. The van der Waals surface area contributed by atoms with Crippen molar-refractivity contribution in [2.75, 3.05) is 13.2 Å². The molecule has 0 aromatic carbocycles. The molecule has 8 heteroatoms. The Kier molecular flexibility index (Phi) is 6.03. The van der Waals surface area contributed by atoms with E-state index in [-0.39, 0.29) is 17.6 Å². The van der Waals surface area contributed by atoms with Gasteiger partial charge in [0.2, 0.25) is 0 Å². The molecule has 0 aliphatic rings. The number of carbonyl (C=O) groups excluding carboxylic acids is 1. The number of ether oxygens (including phenoxy) is 1. The van der Waals surface area contributed by atoms with E-state index < -0.39 is 8.32 Å². The fraction of sp³-hybridized carbons (Fsp3) is 0.846. The molecule has 0 saturated heterocycles. The third-order valence-electron chi connectivity index (χ3n) is 3.66. The molecule has 0 radical (unpaired) electrons. The lowest BCUT2D eigenvalue weighted by Crippen LogP contribution is -2.41. The molecule has 0 aliphatic heterocycles. The SMILES string of the molecule is CCOC(=O)Cn1nnc(CCO[Si](C)(C)C(C)(C)C)n1. The highest BCUT2D eigenvalue weighted by atomic mass is 28.4. The average molecular weight is 314 g/mol. The van der Waals surface area contributed by atoms with Gasteiger partial charge < -0.3 is 9.16 Å². The second kappa shape index (κ2) is 7.12.